The van der Waals surface area contributed by atoms with E-state index in [0.717, 1.165) is 11.8 Å². The summed E-state index contributed by atoms with van der Waals surface area (Å²) in [5.74, 6) is 0.465. The topological polar surface area (TPSA) is 29.1 Å². The maximum atomic E-state index is 10.6. The number of rotatable bonds is 2. The number of carbonyl (C=O) groups is 1. The van der Waals surface area contributed by atoms with Crippen molar-refractivity contribution < 1.29 is 4.79 Å². The molecule has 0 saturated carbocycles. The maximum absolute atomic E-state index is 10.6. The molecule has 0 rings (SSSR count). The van der Waals surface area contributed by atoms with Crippen LogP contribution >= 0.6 is 23.4 Å². The van der Waals surface area contributed by atoms with Crippen molar-refractivity contribution in [1.29, 1.82) is 0 Å². The smallest absolute Gasteiger partial charge is 0.279 e. The van der Waals surface area contributed by atoms with Gasteiger partial charge in [-0.25, -0.2) is 0 Å². The molecule has 0 aromatic rings. The van der Waals surface area contributed by atoms with Gasteiger partial charge in [-0.15, -0.1) is 11.6 Å². The third-order valence-corrected chi connectivity index (χ3v) is 1.73. The summed E-state index contributed by atoms with van der Waals surface area (Å²) < 4.78 is 0. The van der Waals surface area contributed by atoms with Crippen LogP contribution in [-0.4, -0.2) is 23.4 Å². The summed E-state index contributed by atoms with van der Waals surface area (Å²) in [5.41, 5.74) is 0. The molecule has 0 aliphatic carbocycles. The molecule has 0 aliphatic rings. The number of hydrogen-bond acceptors (Lipinski definition) is 2. The summed E-state index contributed by atoms with van der Waals surface area (Å²) in [6.45, 7) is 1.86. The number of thioether (sulfide) groups is 1. The first-order chi connectivity index (χ1) is 4.20. The van der Waals surface area contributed by atoms with Crippen molar-refractivity contribution in [3.8, 4) is 0 Å². The third kappa shape index (κ3) is 4.60. The second kappa shape index (κ2) is 4.94. The van der Waals surface area contributed by atoms with Crippen molar-refractivity contribution >= 4 is 28.6 Å². The van der Waals surface area contributed by atoms with Crippen LogP contribution < -0.4 is 5.32 Å². The summed E-state index contributed by atoms with van der Waals surface area (Å²) in [7, 11) is 0. The van der Waals surface area contributed by atoms with Crippen LogP contribution in [0.5, 0.6) is 0 Å². The number of amides is 1. The van der Waals surface area contributed by atoms with Gasteiger partial charge in [0.25, 0.3) is 5.24 Å². The van der Waals surface area contributed by atoms with Gasteiger partial charge in [0.2, 0.25) is 0 Å². The molecule has 0 saturated heterocycles. The third-order valence-electron chi connectivity index (χ3n) is 0.781. The predicted octanol–water partition coefficient (Wildman–Crippen LogP) is 1.69. The molecule has 1 amide bonds. The Labute approximate surface area is 64.3 Å². The van der Waals surface area contributed by atoms with Gasteiger partial charge in [-0.1, -0.05) is 11.8 Å². The Balaban J connectivity index is 3.34. The lowest BCUT2D eigenvalue weighted by Gasteiger charge is -2.07. The van der Waals surface area contributed by atoms with Gasteiger partial charge < -0.3 is 5.32 Å². The van der Waals surface area contributed by atoms with Crippen LogP contribution in [0, 0.1) is 0 Å². The van der Waals surface area contributed by atoms with Gasteiger partial charge in [0, 0.05) is 11.9 Å². The van der Waals surface area contributed by atoms with E-state index in [-0.39, 0.29) is 11.3 Å². The Hall–Kier alpha value is 0.110. The Bertz CT molecular complexity index is 99.0. The van der Waals surface area contributed by atoms with Gasteiger partial charge in [0.15, 0.2) is 0 Å². The number of hydrogen-bond donors (Lipinski definition) is 1. The van der Waals surface area contributed by atoms with Crippen molar-refractivity contribution in [2.75, 3.05) is 12.1 Å². The lowest BCUT2D eigenvalue weighted by Crippen LogP contribution is -2.30. The van der Waals surface area contributed by atoms with Crippen LogP contribution in [-0.2, 0) is 0 Å². The molecule has 0 fully saturated rings. The second-order valence-electron chi connectivity index (χ2n) is 1.69. The lowest BCUT2D eigenvalue weighted by atomic mass is 10.4. The quantitative estimate of drug-likeness (QED) is 0.635. The fourth-order valence-corrected chi connectivity index (χ4v) is 0.695. The van der Waals surface area contributed by atoms with Crippen molar-refractivity contribution in [3.63, 3.8) is 0 Å². The van der Waals surface area contributed by atoms with Crippen LogP contribution in [0.1, 0.15) is 6.92 Å². The van der Waals surface area contributed by atoms with Gasteiger partial charge in [-0.05, 0) is 13.2 Å². The van der Waals surface area contributed by atoms with Crippen LogP contribution in [0.25, 0.3) is 0 Å². The molecule has 0 radical (unpaired) electrons. The minimum atomic E-state index is -0.0249. The molecule has 0 unspecified atom stereocenters. The molecule has 0 bridgehead atoms. The van der Waals surface area contributed by atoms with Crippen LogP contribution in [0.3, 0.4) is 0 Å². The zero-order chi connectivity index (χ0) is 7.28. The fourth-order valence-electron chi connectivity index (χ4n) is 0.299. The Morgan fingerprint density at radius 3 is 2.78 bits per heavy atom. The minimum absolute atomic E-state index is 0.0249. The molecule has 0 aliphatic heterocycles. The molecule has 1 atom stereocenters. The highest BCUT2D eigenvalue weighted by atomic mass is 35.5. The summed E-state index contributed by atoms with van der Waals surface area (Å²) in [4.78, 5) is 10.6. The van der Waals surface area contributed by atoms with Crippen LogP contribution in [0.15, 0.2) is 0 Å². The molecular weight excluding hydrogens is 158 g/mol. The van der Waals surface area contributed by atoms with E-state index in [9.17, 15) is 4.79 Å². The van der Waals surface area contributed by atoms with Gasteiger partial charge in [-0.2, -0.15) is 0 Å². The zero-order valence-electron chi connectivity index (χ0n) is 5.48. The molecule has 4 heteroatoms. The van der Waals surface area contributed by atoms with Crippen molar-refractivity contribution in [2.24, 2.45) is 0 Å². The number of alkyl halides is 1. The first kappa shape index (κ1) is 9.11. The standard InChI is InChI=1S/C5H10ClNOS/c1-4(3-6)7-5(8)9-2/h4H,3H2,1-2H3,(H,7,8)/t4-/m0/s1. The highest BCUT2D eigenvalue weighted by molar-refractivity contribution is 8.12. The monoisotopic (exact) mass is 167 g/mol. The number of halogens is 1. The van der Waals surface area contributed by atoms with E-state index in [1.807, 2.05) is 6.92 Å². The highest BCUT2D eigenvalue weighted by Gasteiger charge is 2.02. The zero-order valence-corrected chi connectivity index (χ0v) is 7.05. The van der Waals surface area contributed by atoms with Crippen molar-refractivity contribution in [2.45, 2.75) is 13.0 Å². The molecule has 0 heterocycles. The van der Waals surface area contributed by atoms with E-state index in [1.54, 1.807) is 6.26 Å². The number of carbonyl (C=O) groups excluding carboxylic acids is 1. The SMILES string of the molecule is CSC(=O)N[C@@H](C)CCl. The van der Waals surface area contributed by atoms with E-state index in [1.165, 1.54) is 0 Å². The number of nitrogens with one attached hydrogen (secondary N) is 1. The summed E-state index contributed by atoms with van der Waals surface area (Å²) in [6.07, 6.45) is 1.73. The fraction of sp³-hybridized carbons (Fsp3) is 0.800. The summed E-state index contributed by atoms with van der Waals surface area (Å²) in [5, 5.41) is 2.65. The molecule has 9 heavy (non-hydrogen) atoms. The van der Waals surface area contributed by atoms with Gasteiger partial charge in [-0.3, -0.25) is 4.79 Å². The first-order valence-electron chi connectivity index (χ1n) is 2.61. The summed E-state index contributed by atoms with van der Waals surface area (Å²) >= 11 is 6.59. The van der Waals surface area contributed by atoms with Crippen molar-refractivity contribution in [3.05, 3.63) is 0 Å². The van der Waals surface area contributed by atoms with E-state index in [0.29, 0.717) is 5.88 Å². The average Bonchev–Trinajstić information content (AvgIpc) is 1.87. The molecule has 54 valence electrons. The Morgan fingerprint density at radius 2 is 2.44 bits per heavy atom. The Kier molecular flexibility index (Phi) is 5.00. The second-order valence-corrected chi connectivity index (χ2v) is 2.78. The average molecular weight is 168 g/mol. The van der Waals surface area contributed by atoms with Crippen LogP contribution in [0.4, 0.5) is 4.79 Å². The molecule has 1 N–H and O–H groups in total. The maximum Gasteiger partial charge on any atom is 0.279 e. The predicted molar refractivity (Wildman–Crippen MR) is 42.2 cm³/mol. The van der Waals surface area contributed by atoms with E-state index in [2.05, 4.69) is 5.32 Å². The molecule has 2 nitrogen and oxygen atoms in total. The molecule has 0 aromatic heterocycles. The largest absolute Gasteiger partial charge is 0.343 e. The molecular formula is C5H10ClNOS. The normalized spacial score (nSPS) is 12.8. The van der Waals surface area contributed by atoms with Crippen LogP contribution in [0.2, 0.25) is 0 Å². The van der Waals surface area contributed by atoms with Gasteiger partial charge >= 0.3 is 0 Å². The Morgan fingerprint density at radius 1 is 1.89 bits per heavy atom. The van der Waals surface area contributed by atoms with E-state index in [4.69, 9.17) is 11.6 Å². The van der Waals surface area contributed by atoms with E-state index >= 15 is 0 Å². The van der Waals surface area contributed by atoms with Crippen molar-refractivity contribution in [1.82, 2.24) is 5.32 Å². The van der Waals surface area contributed by atoms with Gasteiger partial charge in [0.1, 0.15) is 0 Å². The van der Waals surface area contributed by atoms with Gasteiger partial charge in [0.05, 0.1) is 0 Å². The molecule has 0 aromatic carbocycles. The first-order valence-corrected chi connectivity index (χ1v) is 4.37. The molecule has 0 spiro atoms. The summed E-state index contributed by atoms with van der Waals surface area (Å²) in [6, 6.07) is 0.0756. The van der Waals surface area contributed by atoms with E-state index < -0.39 is 0 Å². The lowest BCUT2D eigenvalue weighted by molar-refractivity contribution is 0.259. The highest BCUT2D eigenvalue weighted by Crippen LogP contribution is 1.95. The minimum Gasteiger partial charge on any atom is -0.343 e.